The third-order valence-electron chi connectivity index (χ3n) is 7.35. The molecule has 184 valence electrons. The van der Waals surface area contributed by atoms with E-state index >= 15 is 0 Å². The van der Waals surface area contributed by atoms with Gasteiger partial charge in [0.25, 0.3) is 5.91 Å². The molecule has 1 saturated heterocycles. The SMILES string of the molecule is O=C(O)CC1CCC(NC(=O)[C@@H]2OCC[C@@H]2NC(=O)OCC2c3ccccc3-c3ccccc32)C1. The second kappa shape index (κ2) is 10.1. The van der Waals surface area contributed by atoms with Gasteiger partial charge < -0.3 is 25.2 Å². The number of hydrogen-bond acceptors (Lipinski definition) is 5. The van der Waals surface area contributed by atoms with Crippen LogP contribution in [0.3, 0.4) is 0 Å². The highest BCUT2D eigenvalue weighted by atomic mass is 16.6. The predicted octanol–water partition coefficient (Wildman–Crippen LogP) is 3.44. The molecule has 1 saturated carbocycles. The van der Waals surface area contributed by atoms with Crippen LogP contribution in [0.1, 0.15) is 49.1 Å². The number of carbonyl (C=O) groups is 3. The molecule has 0 bridgehead atoms. The minimum absolute atomic E-state index is 0.0341. The molecule has 35 heavy (non-hydrogen) atoms. The summed E-state index contributed by atoms with van der Waals surface area (Å²) < 4.78 is 11.2. The number of alkyl carbamates (subject to hydrolysis) is 1. The lowest BCUT2D eigenvalue weighted by Crippen LogP contribution is -2.50. The number of amides is 2. The first kappa shape index (κ1) is 23.4. The molecule has 2 aromatic carbocycles. The van der Waals surface area contributed by atoms with E-state index in [0.29, 0.717) is 19.4 Å². The first-order chi connectivity index (χ1) is 17.0. The molecule has 2 amide bonds. The summed E-state index contributed by atoms with van der Waals surface area (Å²) in [6.07, 6.45) is 1.48. The molecule has 1 aliphatic heterocycles. The normalized spacial score (nSPS) is 25.0. The van der Waals surface area contributed by atoms with Crippen LogP contribution < -0.4 is 10.6 Å². The maximum Gasteiger partial charge on any atom is 0.407 e. The van der Waals surface area contributed by atoms with Crippen molar-refractivity contribution in [2.45, 2.75) is 56.2 Å². The van der Waals surface area contributed by atoms with Crippen LogP contribution >= 0.6 is 0 Å². The largest absolute Gasteiger partial charge is 0.481 e. The van der Waals surface area contributed by atoms with E-state index in [1.807, 2.05) is 24.3 Å². The van der Waals surface area contributed by atoms with Crippen LogP contribution in [0.15, 0.2) is 48.5 Å². The van der Waals surface area contributed by atoms with Gasteiger partial charge in [0.1, 0.15) is 6.61 Å². The zero-order valence-electron chi connectivity index (χ0n) is 19.4. The number of benzene rings is 2. The summed E-state index contributed by atoms with van der Waals surface area (Å²) in [5.74, 6) is -1.04. The lowest BCUT2D eigenvalue weighted by atomic mass is 9.98. The smallest absolute Gasteiger partial charge is 0.407 e. The van der Waals surface area contributed by atoms with E-state index in [-0.39, 0.29) is 36.8 Å². The quantitative estimate of drug-likeness (QED) is 0.562. The second-order valence-corrected chi connectivity index (χ2v) is 9.64. The standard InChI is InChI=1S/C27H30N2O6/c30-24(31)14-16-9-10-17(13-16)28-26(32)25-23(11-12-34-25)29-27(33)35-15-22-20-7-3-1-5-18(20)19-6-2-4-8-21(19)22/h1-8,16-17,22-23,25H,9-15H2,(H,28,32)(H,29,33)(H,30,31)/t16?,17?,23-,25+/m0/s1. The number of carboxylic acids is 1. The van der Waals surface area contributed by atoms with Crippen molar-refractivity contribution in [3.8, 4) is 11.1 Å². The molecule has 0 aromatic heterocycles. The fourth-order valence-corrected chi connectivity index (χ4v) is 5.71. The zero-order valence-corrected chi connectivity index (χ0v) is 19.4. The molecule has 8 nitrogen and oxygen atoms in total. The summed E-state index contributed by atoms with van der Waals surface area (Å²) >= 11 is 0. The van der Waals surface area contributed by atoms with Gasteiger partial charge in [-0.05, 0) is 53.9 Å². The van der Waals surface area contributed by atoms with Gasteiger partial charge in [0.05, 0.1) is 6.04 Å². The van der Waals surface area contributed by atoms with Gasteiger partial charge in [0.15, 0.2) is 6.10 Å². The van der Waals surface area contributed by atoms with Gasteiger partial charge in [0.2, 0.25) is 0 Å². The number of carbonyl (C=O) groups excluding carboxylic acids is 2. The van der Waals surface area contributed by atoms with E-state index in [0.717, 1.165) is 35.1 Å². The Hall–Kier alpha value is -3.39. The Labute approximate surface area is 204 Å². The molecule has 1 heterocycles. The van der Waals surface area contributed by atoms with Crippen LogP contribution in [0.5, 0.6) is 0 Å². The minimum atomic E-state index is -0.812. The van der Waals surface area contributed by atoms with Crippen LogP contribution in [0.2, 0.25) is 0 Å². The van der Waals surface area contributed by atoms with E-state index in [1.54, 1.807) is 0 Å². The first-order valence-corrected chi connectivity index (χ1v) is 12.2. The highest BCUT2D eigenvalue weighted by Crippen LogP contribution is 2.44. The lowest BCUT2D eigenvalue weighted by Gasteiger charge is -2.22. The number of rotatable bonds is 7. The van der Waals surface area contributed by atoms with Crippen molar-refractivity contribution in [2.24, 2.45) is 5.92 Å². The molecule has 3 aliphatic rings. The average molecular weight is 479 g/mol. The van der Waals surface area contributed by atoms with Gasteiger partial charge in [-0.15, -0.1) is 0 Å². The third-order valence-corrected chi connectivity index (χ3v) is 7.35. The fraction of sp³-hybridized carbons (Fsp3) is 0.444. The van der Waals surface area contributed by atoms with Crippen molar-refractivity contribution in [1.29, 1.82) is 0 Å². The maximum absolute atomic E-state index is 12.8. The van der Waals surface area contributed by atoms with Crippen LogP contribution in [-0.2, 0) is 19.1 Å². The summed E-state index contributed by atoms with van der Waals surface area (Å²) in [5.41, 5.74) is 4.60. The highest BCUT2D eigenvalue weighted by Gasteiger charge is 2.38. The molecule has 4 atom stereocenters. The third kappa shape index (κ3) is 5.03. The lowest BCUT2D eigenvalue weighted by molar-refractivity contribution is -0.138. The predicted molar refractivity (Wildman–Crippen MR) is 128 cm³/mol. The molecule has 3 N–H and O–H groups in total. The van der Waals surface area contributed by atoms with E-state index in [9.17, 15) is 14.4 Å². The Morgan fingerprint density at radius 2 is 1.63 bits per heavy atom. The topological polar surface area (TPSA) is 114 Å². The molecule has 0 spiro atoms. The molecule has 5 rings (SSSR count). The Morgan fingerprint density at radius 3 is 2.31 bits per heavy atom. The minimum Gasteiger partial charge on any atom is -0.481 e. The van der Waals surface area contributed by atoms with E-state index in [1.165, 1.54) is 0 Å². The Bertz CT molecular complexity index is 1070. The van der Waals surface area contributed by atoms with Gasteiger partial charge >= 0.3 is 12.1 Å². The monoisotopic (exact) mass is 478 g/mol. The first-order valence-electron chi connectivity index (χ1n) is 12.2. The summed E-state index contributed by atoms with van der Waals surface area (Å²) in [6.45, 7) is 0.579. The van der Waals surface area contributed by atoms with Gasteiger partial charge in [-0.2, -0.15) is 0 Å². The van der Waals surface area contributed by atoms with E-state index in [4.69, 9.17) is 14.6 Å². The van der Waals surface area contributed by atoms with Crippen molar-refractivity contribution in [1.82, 2.24) is 10.6 Å². The summed E-state index contributed by atoms with van der Waals surface area (Å²) in [5, 5.41) is 14.8. The Balaban J connectivity index is 1.15. The molecule has 0 radical (unpaired) electrons. The van der Waals surface area contributed by atoms with E-state index in [2.05, 4.69) is 34.9 Å². The maximum atomic E-state index is 12.8. The van der Waals surface area contributed by atoms with Crippen molar-refractivity contribution < 1.29 is 29.0 Å². The van der Waals surface area contributed by atoms with Crippen LogP contribution in [-0.4, -0.2) is 54.5 Å². The number of carboxylic acid groups (broad SMARTS) is 1. The van der Waals surface area contributed by atoms with Gasteiger partial charge in [-0.1, -0.05) is 48.5 Å². The Kier molecular flexibility index (Phi) is 6.72. The van der Waals surface area contributed by atoms with Crippen LogP contribution in [0, 0.1) is 5.92 Å². The number of fused-ring (bicyclic) bond motifs is 3. The van der Waals surface area contributed by atoms with Gasteiger partial charge in [-0.25, -0.2) is 4.79 Å². The van der Waals surface area contributed by atoms with Crippen molar-refractivity contribution >= 4 is 18.0 Å². The molecular formula is C27H30N2O6. The van der Waals surface area contributed by atoms with Crippen molar-refractivity contribution in [3.05, 3.63) is 59.7 Å². The summed E-state index contributed by atoms with van der Waals surface area (Å²) in [6, 6.07) is 15.8. The number of nitrogens with one attached hydrogen (secondary N) is 2. The average Bonchev–Trinajstić information content (AvgIpc) is 3.55. The number of aliphatic carboxylic acids is 1. The number of ether oxygens (including phenoxy) is 2. The highest BCUT2D eigenvalue weighted by molar-refractivity contribution is 5.83. The summed E-state index contributed by atoms with van der Waals surface area (Å²) in [4.78, 5) is 36.4. The second-order valence-electron chi connectivity index (χ2n) is 9.64. The molecule has 8 heteroatoms. The zero-order chi connectivity index (χ0) is 24.4. The molecule has 2 unspecified atom stereocenters. The molecule has 2 aliphatic carbocycles. The fourth-order valence-electron chi connectivity index (χ4n) is 5.71. The van der Waals surface area contributed by atoms with Gasteiger partial charge in [0, 0.05) is 25.0 Å². The van der Waals surface area contributed by atoms with E-state index < -0.39 is 24.2 Å². The van der Waals surface area contributed by atoms with Crippen LogP contribution in [0.4, 0.5) is 4.79 Å². The Morgan fingerprint density at radius 1 is 0.943 bits per heavy atom. The van der Waals surface area contributed by atoms with Crippen LogP contribution in [0.25, 0.3) is 11.1 Å². The van der Waals surface area contributed by atoms with Crippen molar-refractivity contribution in [3.63, 3.8) is 0 Å². The van der Waals surface area contributed by atoms with Gasteiger partial charge in [-0.3, -0.25) is 9.59 Å². The molecule has 2 aromatic rings. The molecule has 2 fully saturated rings. The summed E-state index contributed by atoms with van der Waals surface area (Å²) in [7, 11) is 0. The molecular weight excluding hydrogens is 448 g/mol. The number of hydrogen-bond donors (Lipinski definition) is 3. The van der Waals surface area contributed by atoms with Crippen molar-refractivity contribution in [2.75, 3.05) is 13.2 Å².